The van der Waals surface area contributed by atoms with E-state index in [1.807, 2.05) is 43.4 Å². The molecule has 1 heterocycles. The predicted octanol–water partition coefficient (Wildman–Crippen LogP) is 3.70. The molecule has 130 valence electrons. The quantitative estimate of drug-likeness (QED) is 0.668. The third-order valence-corrected chi connectivity index (χ3v) is 4.10. The van der Waals surface area contributed by atoms with Crippen molar-refractivity contribution in [1.82, 2.24) is 5.32 Å². The molecule has 0 bridgehead atoms. The minimum Gasteiger partial charge on any atom is -0.493 e. The normalized spacial score (nSPS) is 10.6. The van der Waals surface area contributed by atoms with Crippen molar-refractivity contribution < 1.29 is 13.9 Å². The molecule has 3 rings (SSSR count). The summed E-state index contributed by atoms with van der Waals surface area (Å²) in [7, 11) is 3.63. The molecule has 0 spiro atoms. The number of hydrogen-bond acceptors (Lipinski definition) is 4. The van der Waals surface area contributed by atoms with Gasteiger partial charge in [0.1, 0.15) is 0 Å². The molecule has 0 saturated heterocycles. The van der Waals surface area contributed by atoms with Crippen molar-refractivity contribution in [3.8, 4) is 5.75 Å². The van der Waals surface area contributed by atoms with Gasteiger partial charge in [-0.2, -0.15) is 0 Å². The highest BCUT2D eigenvalue weighted by Crippen LogP contribution is 2.28. The predicted molar refractivity (Wildman–Crippen MR) is 99.4 cm³/mol. The number of methoxy groups -OCH3 is 1. The molecule has 0 unspecified atom stereocenters. The summed E-state index contributed by atoms with van der Waals surface area (Å²) in [5.41, 5.74) is 1.76. The van der Waals surface area contributed by atoms with Crippen LogP contribution in [-0.4, -0.2) is 33.2 Å². The summed E-state index contributed by atoms with van der Waals surface area (Å²) in [4.78, 5) is 14.4. The molecule has 0 atom stereocenters. The molecule has 0 aliphatic heterocycles. The molecule has 1 amide bonds. The Hall–Kier alpha value is -2.95. The fourth-order valence-corrected chi connectivity index (χ4v) is 2.73. The van der Waals surface area contributed by atoms with Crippen molar-refractivity contribution in [1.29, 1.82) is 0 Å². The van der Waals surface area contributed by atoms with Crippen LogP contribution < -0.4 is 15.0 Å². The first-order chi connectivity index (χ1) is 12.2. The van der Waals surface area contributed by atoms with E-state index in [1.54, 1.807) is 13.2 Å². The lowest BCUT2D eigenvalue weighted by Gasteiger charge is -2.19. The maximum absolute atomic E-state index is 12.3. The lowest BCUT2D eigenvalue weighted by atomic mass is 10.2. The summed E-state index contributed by atoms with van der Waals surface area (Å²) < 4.78 is 10.9. The number of anilines is 1. The smallest absolute Gasteiger partial charge is 0.287 e. The standard InChI is InChI=1S/C20H22N2O3/c1-22(16-9-4-3-5-10-16)13-7-12-21-20(23)18-14-15-8-6-11-17(24-2)19(15)25-18/h3-6,8-11,14H,7,12-13H2,1-2H3,(H,21,23). The molecule has 0 aliphatic carbocycles. The molecular weight excluding hydrogens is 316 g/mol. The van der Waals surface area contributed by atoms with Crippen molar-refractivity contribution in [2.24, 2.45) is 0 Å². The van der Waals surface area contributed by atoms with Crippen LogP contribution >= 0.6 is 0 Å². The maximum atomic E-state index is 12.3. The number of hydrogen-bond donors (Lipinski definition) is 1. The van der Waals surface area contributed by atoms with E-state index >= 15 is 0 Å². The first-order valence-corrected chi connectivity index (χ1v) is 8.30. The lowest BCUT2D eigenvalue weighted by Crippen LogP contribution is -2.27. The second-order valence-electron chi connectivity index (χ2n) is 5.86. The summed E-state index contributed by atoms with van der Waals surface area (Å²) in [5.74, 6) is 0.720. The molecule has 0 saturated carbocycles. The number of rotatable bonds is 7. The van der Waals surface area contributed by atoms with Crippen LogP contribution in [0.15, 0.2) is 59.0 Å². The van der Waals surface area contributed by atoms with Gasteiger partial charge >= 0.3 is 0 Å². The zero-order valence-electron chi connectivity index (χ0n) is 14.5. The van der Waals surface area contributed by atoms with E-state index in [2.05, 4.69) is 22.3 Å². The van der Waals surface area contributed by atoms with Gasteiger partial charge < -0.3 is 19.4 Å². The summed E-state index contributed by atoms with van der Waals surface area (Å²) in [6.07, 6.45) is 0.848. The molecule has 1 N–H and O–H groups in total. The van der Waals surface area contributed by atoms with Gasteiger partial charge in [0.2, 0.25) is 0 Å². The first kappa shape index (κ1) is 16.9. The number of para-hydroxylation sites is 2. The highest BCUT2D eigenvalue weighted by Gasteiger charge is 2.14. The average molecular weight is 338 g/mol. The van der Waals surface area contributed by atoms with Gasteiger partial charge in [-0.05, 0) is 30.7 Å². The Labute approximate surface area is 147 Å². The number of fused-ring (bicyclic) bond motifs is 1. The van der Waals surface area contributed by atoms with Crippen LogP contribution in [0.4, 0.5) is 5.69 Å². The van der Waals surface area contributed by atoms with E-state index in [-0.39, 0.29) is 5.91 Å². The number of nitrogens with one attached hydrogen (secondary N) is 1. The van der Waals surface area contributed by atoms with Gasteiger partial charge in [-0.3, -0.25) is 4.79 Å². The molecule has 2 aromatic carbocycles. The van der Waals surface area contributed by atoms with Crippen LogP contribution in [0, 0.1) is 0 Å². The van der Waals surface area contributed by atoms with Crippen LogP contribution in [0.2, 0.25) is 0 Å². The van der Waals surface area contributed by atoms with Gasteiger partial charge in [-0.25, -0.2) is 0 Å². The number of benzene rings is 2. The first-order valence-electron chi connectivity index (χ1n) is 8.30. The van der Waals surface area contributed by atoms with Crippen molar-refractivity contribution >= 4 is 22.6 Å². The molecule has 5 heteroatoms. The molecule has 0 radical (unpaired) electrons. The van der Waals surface area contributed by atoms with Gasteiger partial charge in [0.25, 0.3) is 5.91 Å². The Balaban J connectivity index is 1.53. The summed E-state index contributed by atoms with van der Waals surface area (Å²) in [6, 6.07) is 17.5. The SMILES string of the molecule is COc1cccc2cc(C(=O)NCCCN(C)c3ccccc3)oc12. The Bertz CT molecular complexity index is 843. The Kier molecular flexibility index (Phi) is 5.23. The molecule has 3 aromatic rings. The van der Waals surface area contributed by atoms with Crippen molar-refractivity contribution in [2.75, 3.05) is 32.1 Å². The van der Waals surface area contributed by atoms with E-state index < -0.39 is 0 Å². The van der Waals surface area contributed by atoms with Gasteiger partial charge in [0.05, 0.1) is 7.11 Å². The summed E-state index contributed by atoms with van der Waals surface area (Å²) in [6.45, 7) is 1.45. The average Bonchev–Trinajstić information content (AvgIpc) is 3.10. The molecule has 0 aliphatic rings. The number of furan rings is 1. The zero-order valence-corrected chi connectivity index (χ0v) is 14.5. The van der Waals surface area contributed by atoms with Crippen LogP contribution in [0.3, 0.4) is 0 Å². The van der Waals surface area contributed by atoms with Gasteiger partial charge in [0.15, 0.2) is 17.1 Å². The number of carbonyl (C=O) groups excluding carboxylic acids is 1. The van der Waals surface area contributed by atoms with Crippen LogP contribution in [0.5, 0.6) is 5.75 Å². The second kappa shape index (κ2) is 7.75. The van der Waals surface area contributed by atoms with Crippen LogP contribution in [0.25, 0.3) is 11.0 Å². The lowest BCUT2D eigenvalue weighted by molar-refractivity contribution is 0.0928. The number of nitrogens with zero attached hydrogens (tertiary/aromatic N) is 1. The van der Waals surface area contributed by atoms with Gasteiger partial charge in [0, 0.05) is 31.2 Å². The fourth-order valence-electron chi connectivity index (χ4n) is 2.73. The molecule has 5 nitrogen and oxygen atoms in total. The Morgan fingerprint density at radius 3 is 2.72 bits per heavy atom. The highest BCUT2D eigenvalue weighted by atomic mass is 16.5. The molecule has 0 fully saturated rings. The Morgan fingerprint density at radius 2 is 1.96 bits per heavy atom. The monoisotopic (exact) mass is 338 g/mol. The minimum absolute atomic E-state index is 0.208. The largest absolute Gasteiger partial charge is 0.493 e. The van der Waals surface area contributed by atoms with Gasteiger partial charge in [-0.15, -0.1) is 0 Å². The number of carbonyl (C=O) groups is 1. The summed E-state index contributed by atoms with van der Waals surface area (Å²) in [5, 5.41) is 3.76. The number of amides is 1. The fraction of sp³-hybridized carbons (Fsp3) is 0.250. The number of ether oxygens (including phenoxy) is 1. The second-order valence-corrected chi connectivity index (χ2v) is 5.86. The van der Waals surface area contributed by atoms with Crippen molar-refractivity contribution in [2.45, 2.75) is 6.42 Å². The zero-order chi connectivity index (χ0) is 17.6. The maximum Gasteiger partial charge on any atom is 0.287 e. The van der Waals surface area contributed by atoms with E-state index in [0.29, 0.717) is 23.6 Å². The van der Waals surface area contributed by atoms with Crippen LogP contribution in [-0.2, 0) is 0 Å². The van der Waals surface area contributed by atoms with E-state index in [9.17, 15) is 4.79 Å². The van der Waals surface area contributed by atoms with Crippen molar-refractivity contribution in [3.05, 3.63) is 60.4 Å². The van der Waals surface area contributed by atoms with E-state index in [0.717, 1.165) is 18.4 Å². The van der Waals surface area contributed by atoms with E-state index in [1.165, 1.54) is 5.69 Å². The van der Waals surface area contributed by atoms with E-state index in [4.69, 9.17) is 9.15 Å². The Morgan fingerprint density at radius 1 is 1.16 bits per heavy atom. The topological polar surface area (TPSA) is 54.7 Å². The van der Waals surface area contributed by atoms with Gasteiger partial charge in [-0.1, -0.05) is 30.3 Å². The minimum atomic E-state index is -0.208. The molecular formula is C20H22N2O3. The third kappa shape index (κ3) is 3.94. The van der Waals surface area contributed by atoms with Crippen LogP contribution in [0.1, 0.15) is 17.0 Å². The summed E-state index contributed by atoms with van der Waals surface area (Å²) >= 11 is 0. The molecule has 25 heavy (non-hydrogen) atoms. The highest BCUT2D eigenvalue weighted by molar-refractivity contribution is 5.97. The molecule has 1 aromatic heterocycles. The van der Waals surface area contributed by atoms with Crippen molar-refractivity contribution in [3.63, 3.8) is 0 Å². The third-order valence-electron chi connectivity index (χ3n) is 4.10.